The van der Waals surface area contributed by atoms with Crippen LogP contribution in [0.4, 0.5) is 14.9 Å². The first-order valence-electron chi connectivity index (χ1n) is 13.4. The maximum Gasteiger partial charge on any atom is 0.411 e. The summed E-state index contributed by atoms with van der Waals surface area (Å²) in [6, 6.07) is 27.5. The molecule has 5 rings (SSSR count). The fourth-order valence-electron chi connectivity index (χ4n) is 4.82. The molecule has 9 heteroatoms. The topological polar surface area (TPSA) is 97.0 Å². The maximum absolute atomic E-state index is 13.7. The lowest BCUT2D eigenvalue weighted by Crippen LogP contribution is -2.46. The molecule has 0 saturated carbocycles. The number of halogens is 1. The van der Waals surface area contributed by atoms with Crippen molar-refractivity contribution in [3.8, 4) is 5.75 Å². The Morgan fingerprint density at radius 2 is 1.60 bits per heavy atom. The third-order valence-corrected chi connectivity index (χ3v) is 7.13. The lowest BCUT2D eigenvalue weighted by Gasteiger charge is -2.26. The SMILES string of the molecule is COc1ccc(C(=O)Nc2ccc(C3OC(=O)N(Cc4ccc(F)cc4)C3C(=O)NC(C)c3ccccc3)cc2)cc1. The van der Waals surface area contributed by atoms with E-state index in [0.717, 1.165) is 5.56 Å². The Kier molecular flexibility index (Phi) is 8.47. The van der Waals surface area contributed by atoms with Crippen LogP contribution in [0.1, 0.15) is 46.1 Å². The van der Waals surface area contributed by atoms with E-state index in [4.69, 9.17) is 9.47 Å². The maximum atomic E-state index is 13.7. The third-order valence-electron chi connectivity index (χ3n) is 7.13. The van der Waals surface area contributed by atoms with Crippen LogP contribution in [0.5, 0.6) is 5.75 Å². The lowest BCUT2D eigenvalue weighted by atomic mass is 9.99. The largest absolute Gasteiger partial charge is 0.497 e. The summed E-state index contributed by atoms with van der Waals surface area (Å²) in [5.41, 5.74) is 3.14. The Morgan fingerprint density at radius 1 is 0.929 bits per heavy atom. The second kappa shape index (κ2) is 12.6. The van der Waals surface area contributed by atoms with Crippen LogP contribution in [0, 0.1) is 5.82 Å². The number of amides is 3. The number of benzene rings is 4. The molecule has 214 valence electrons. The molecule has 0 radical (unpaired) electrons. The summed E-state index contributed by atoms with van der Waals surface area (Å²) < 4.78 is 24.4. The molecule has 4 aromatic rings. The molecule has 2 N–H and O–H groups in total. The average Bonchev–Trinajstić information content (AvgIpc) is 3.34. The minimum Gasteiger partial charge on any atom is -0.497 e. The molecule has 0 spiro atoms. The molecule has 42 heavy (non-hydrogen) atoms. The highest BCUT2D eigenvalue weighted by Gasteiger charge is 2.47. The Hall–Kier alpha value is -5.18. The van der Waals surface area contributed by atoms with Crippen molar-refractivity contribution in [2.75, 3.05) is 12.4 Å². The number of nitrogens with one attached hydrogen (secondary N) is 2. The third kappa shape index (κ3) is 6.41. The number of hydrogen-bond donors (Lipinski definition) is 2. The van der Waals surface area contributed by atoms with Crippen LogP contribution >= 0.6 is 0 Å². The molecular weight excluding hydrogens is 537 g/mol. The van der Waals surface area contributed by atoms with Crippen molar-refractivity contribution >= 4 is 23.6 Å². The number of rotatable bonds is 9. The predicted molar refractivity (Wildman–Crippen MR) is 155 cm³/mol. The van der Waals surface area contributed by atoms with E-state index in [0.29, 0.717) is 28.1 Å². The fraction of sp³-hybridized carbons (Fsp3) is 0.182. The quantitative estimate of drug-likeness (QED) is 0.258. The van der Waals surface area contributed by atoms with E-state index >= 15 is 0 Å². The Bertz CT molecular complexity index is 1540. The van der Waals surface area contributed by atoms with Crippen molar-refractivity contribution in [3.05, 3.63) is 131 Å². The average molecular weight is 568 g/mol. The summed E-state index contributed by atoms with van der Waals surface area (Å²) in [6.07, 6.45) is -1.57. The highest BCUT2D eigenvalue weighted by molar-refractivity contribution is 6.04. The highest BCUT2D eigenvalue weighted by atomic mass is 19.1. The molecule has 8 nitrogen and oxygen atoms in total. The van der Waals surface area contributed by atoms with Gasteiger partial charge in [0, 0.05) is 11.3 Å². The molecule has 0 aliphatic carbocycles. The highest BCUT2D eigenvalue weighted by Crippen LogP contribution is 2.35. The van der Waals surface area contributed by atoms with Gasteiger partial charge in [0.15, 0.2) is 12.1 Å². The summed E-state index contributed by atoms with van der Waals surface area (Å²) in [5.74, 6) is -0.436. The van der Waals surface area contributed by atoms with Crippen LogP contribution in [-0.4, -0.2) is 36.0 Å². The number of carbonyl (C=O) groups excluding carboxylic acids is 3. The second-order valence-electron chi connectivity index (χ2n) is 9.95. The van der Waals surface area contributed by atoms with Crippen molar-refractivity contribution in [1.29, 1.82) is 0 Å². The number of ether oxygens (including phenoxy) is 2. The number of cyclic esters (lactones) is 1. The summed E-state index contributed by atoms with van der Waals surface area (Å²) in [5, 5.41) is 5.85. The van der Waals surface area contributed by atoms with Gasteiger partial charge in [0.1, 0.15) is 11.6 Å². The molecule has 1 aliphatic heterocycles. The number of methoxy groups -OCH3 is 1. The van der Waals surface area contributed by atoms with Crippen LogP contribution in [0.15, 0.2) is 103 Å². The van der Waals surface area contributed by atoms with Gasteiger partial charge in [-0.15, -0.1) is 0 Å². The second-order valence-corrected chi connectivity index (χ2v) is 9.95. The molecule has 1 heterocycles. The molecule has 0 aromatic heterocycles. The van der Waals surface area contributed by atoms with Crippen molar-refractivity contribution in [1.82, 2.24) is 10.2 Å². The molecular formula is C33H30FN3O5. The number of anilines is 1. The van der Waals surface area contributed by atoms with E-state index in [9.17, 15) is 18.8 Å². The van der Waals surface area contributed by atoms with Gasteiger partial charge < -0.3 is 20.1 Å². The summed E-state index contributed by atoms with van der Waals surface area (Å²) >= 11 is 0. The monoisotopic (exact) mass is 567 g/mol. The first-order chi connectivity index (χ1) is 20.3. The van der Waals surface area contributed by atoms with Gasteiger partial charge in [0.2, 0.25) is 5.91 Å². The zero-order chi connectivity index (χ0) is 29.6. The zero-order valence-electron chi connectivity index (χ0n) is 23.1. The Labute approximate surface area is 243 Å². The number of hydrogen-bond acceptors (Lipinski definition) is 5. The molecule has 1 aliphatic rings. The minimum atomic E-state index is -0.992. The van der Waals surface area contributed by atoms with Crippen LogP contribution in [0.25, 0.3) is 0 Å². The normalized spacial score (nSPS) is 16.8. The zero-order valence-corrected chi connectivity index (χ0v) is 23.1. The van der Waals surface area contributed by atoms with Gasteiger partial charge in [-0.25, -0.2) is 9.18 Å². The van der Waals surface area contributed by atoms with Gasteiger partial charge in [-0.2, -0.15) is 0 Å². The molecule has 1 saturated heterocycles. The molecule has 4 aromatic carbocycles. The fourth-order valence-corrected chi connectivity index (χ4v) is 4.82. The first-order valence-corrected chi connectivity index (χ1v) is 13.4. The lowest BCUT2D eigenvalue weighted by molar-refractivity contribution is -0.127. The number of nitrogens with zero attached hydrogens (tertiary/aromatic N) is 1. The molecule has 3 atom stereocenters. The van der Waals surface area contributed by atoms with Gasteiger partial charge in [-0.3, -0.25) is 14.5 Å². The van der Waals surface area contributed by atoms with Crippen molar-refractivity contribution in [2.24, 2.45) is 0 Å². The van der Waals surface area contributed by atoms with Gasteiger partial charge in [0.05, 0.1) is 19.7 Å². The van der Waals surface area contributed by atoms with Crippen LogP contribution < -0.4 is 15.4 Å². The van der Waals surface area contributed by atoms with Crippen molar-refractivity contribution in [2.45, 2.75) is 31.7 Å². The van der Waals surface area contributed by atoms with Crippen LogP contribution in [-0.2, 0) is 16.1 Å². The standard InChI is InChI=1S/C33H30FN3O5/c1-21(23-6-4-3-5-7-23)35-32(39)29-30(42-33(40)37(29)20-22-8-14-26(34)15-9-22)24-10-16-27(17-11-24)36-31(38)25-12-18-28(41-2)19-13-25/h3-19,21,29-30H,20H2,1-2H3,(H,35,39)(H,36,38). The van der Waals surface area contributed by atoms with E-state index in [1.54, 1.807) is 67.8 Å². The molecule has 1 fully saturated rings. The summed E-state index contributed by atoms with van der Waals surface area (Å²) in [6.45, 7) is 1.92. The van der Waals surface area contributed by atoms with E-state index in [2.05, 4.69) is 10.6 Å². The Balaban J connectivity index is 1.37. The molecule has 3 amide bonds. The van der Waals surface area contributed by atoms with Crippen LogP contribution in [0.3, 0.4) is 0 Å². The van der Waals surface area contributed by atoms with Gasteiger partial charge >= 0.3 is 6.09 Å². The predicted octanol–water partition coefficient (Wildman–Crippen LogP) is 6.03. The van der Waals surface area contributed by atoms with Gasteiger partial charge in [0.25, 0.3) is 5.91 Å². The van der Waals surface area contributed by atoms with Gasteiger partial charge in [-0.1, -0.05) is 54.6 Å². The smallest absolute Gasteiger partial charge is 0.411 e. The van der Waals surface area contributed by atoms with Crippen molar-refractivity contribution < 1.29 is 28.2 Å². The van der Waals surface area contributed by atoms with E-state index < -0.39 is 24.1 Å². The van der Waals surface area contributed by atoms with E-state index in [1.165, 1.54) is 17.0 Å². The van der Waals surface area contributed by atoms with E-state index in [1.807, 2.05) is 37.3 Å². The van der Waals surface area contributed by atoms with Crippen molar-refractivity contribution in [3.63, 3.8) is 0 Å². The minimum absolute atomic E-state index is 0.0589. The number of carbonyl (C=O) groups is 3. The Morgan fingerprint density at radius 3 is 2.24 bits per heavy atom. The van der Waals surface area contributed by atoms with Gasteiger partial charge in [-0.05, 0) is 72.1 Å². The molecule has 3 unspecified atom stereocenters. The molecule has 0 bridgehead atoms. The van der Waals surface area contributed by atoms with E-state index in [-0.39, 0.29) is 24.4 Å². The summed E-state index contributed by atoms with van der Waals surface area (Å²) in [4.78, 5) is 40.9. The summed E-state index contributed by atoms with van der Waals surface area (Å²) in [7, 11) is 1.55. The van der Waals surface area contributed by atoms with Crippen LogP contribution in [0.2, 0.25) is 0 Å². The first kappa shape index (κ1) is 28.4.